The third kappa shape index (κ3) is 14.5. The largest absolute Gasteiger partial charge is 0.310 e. The Balaban J connectivity index is 0.900. The number of anilines is 12. The zero-order valence-electron chi connectivity index (χ0n) is 68.5. The summed E-state index contributed by atoms with van der Waals surface area (Å²) in [5.74, 6) is 0. The van der Waals surface area contributed by atoms with Crippen LogP contribution in [0.2, 0.25) is 0 Å². The molecule has 0 radical (unpaired) electrons. The van der Waals surface area contributed by atoms with E-state index in [4.69, 9.17) is 0 Å². The van der Waals surface area contributed by atoms with E-state index in [-0.39, 0.29) is 0 Å². The van der Waals surface area contributed by atoms with Gasteiger partial charge in [-0.25, -0.2) is 0 Å². The Morgan fingerprint density at radius 1 is 0.138 bits per heavy atom. The molecule has 0 aromatic heterocycles. The molecule has 0 aliphatic heterocycles. The molecule has 0 fully saturated rings. The van der Waals surface area contributed by atoms with Gasteiger partial charge in [0, 0.05) is 83.8 Å². The van der Waals surface area contributed by atoms with Gasteiger partial charge < -0.3 is 19.6 Å². The molecule has 0 saturated carbocycles. The Morgan fingerprint density at radius 3 is 0.618 bits per heavy atom. The summed E-state index contributed by atoms with van der Waals surface area (Å²) in [6.45, 7) is 4.90. The molecule has 0 unspecified atom stereocenters. The van der Waals surface area contributed by atoms with Crippen LogP contribution in [0.4, 0.5) is 68.2 Å². The number of fused-ring (bicyclic) bond motifs is 5. The van der Waals surface area contributed by atoms with Gasteiger partial charge >= 0.3 is 0 Å². The molecule has 1 aliphatic carbocycles. The fourth-order valence-electron chi connectivity index (χ4n) is 18.5. The van der Waals surface area contributed by atoms with Crippen LogP contribution in [0.3, 0.4) is 0 Å². The average molecular weight is 1570 g/mol. The highest BCUT2D eigenvalue weighted by Crippen LogP contribution is 2.59. The van der Waals surface area contributed by atoms with Crippen LogP contribution in [0, 0.1) is 0 Å². The zero-order valence-corrected chi connectivity index (χ0v) is 68.5. The van der Waals surface area contributed by atoms with E-state index in [1.807, 2.05) is 0 Å². The van der Waals surface area contributed by atoms with Crippen molar-refractivity contribution in [2.45, 2.75) is 19.3 Å². The Kier molecular flexibility index (Phi) is 19.7. The standard InChI is InChI=1S/C119H86N4/c1-119(2)115-80-108(121(101-61-29-53-93(73-101)85-39-15-5-16-40-85)102-62-30-54-94(74-102)86-41-17-6-18-42-86)67-69-109(115)111-81-113-114(82-116(111)119)117(122(103-63-31-55-95(75-103)87-43-19-7-20-44-87)104-64-32-56-96(76-104)88-45-21-8-22-46-88)110-70-68-107(120(99-59-27-51-91(71-99)83-35-11-3-12-36-83)100-60-28-52-92(72-100)84-37-13-4-14-38-84)79-112(110)118(113)123(105-65-33-57-97(77-105)89-47-23-9-24-48-89)106-66-34-58-98(78-106)90-49-25-10-26-50-90/h3-82H,1-2H3. The summed E-state index contributed by atoms with van der Waals surface area (Å²) >= 11 is 0. The molecule has 4 nitrogen and oxygen atoms in total. The summed E-state index contributed by atoms with van der Waals surface area (Å²) in [5.41, 5.74) is 34.7. The van der Waals surface area contributed by atoms with Gasteiger partial charge in [0.2, 0.25) is 0 Å². The van der Waals surface area contributed by atoms with E-state index in [1.54, 1.807) is 0 Å². The number of hydrogen-bond donors (Lipinski definition) is 0. The Labute approximate surface area is 720 Å². The summed E-state index contributed by atoms with van der Waals surface area (Å²) in [6.07, 6.45) is 0. The summed E-state index contributed by atoms with van der Waals surface area (Å²) < 4.78 is 0. The topological polar surface area (TPSA) is 13.0 Å². The van der Waals surface area contributed by atoms with E-state index in [2.05, 4.69) is 519 Å². The van der Waals surface area contributed by atoms with Gasteiger partial charge in [0.1, 0.15) is 0 Å². The first-order valence-corrected chi connectivity index (χ1v) is 42.4. The first-order valence-electron chi connectivity index (χ1n) is 42.4. The third-order valence-corrected chi connectivity index (χ3v) is 24.5. The van der Waals surface area contributed by atoms with Crippen molar-refractivity contribution < 1.29 is 0 Å². The molecule has 0 N–H and O–H groups in total. The van der Waals surface area contributed by atoms with Crippen molar-refractivity contribution in [3.8, 4) is 100 Å². The van der Waals surface area contributed by atoms with E-state index in [0.29, 0.717) is 0 Å². The zero-order chi connectivity index (χ0) is 82.2. The fourth-order valence-corrected chi connectivity index (χ4v) is 18.5. The first kappa shape index (κ1) is 74.7. The van der Waals surface area contributed by atoms with Crippen molar-refractivity contribution in [3.05, 3.63) is 496 Å². The lowest BCUT2D eigenvalue weighted by molar-refractivity contribution is 0.661. The van der Waals surface area contributed by atoms with E-state index in [1.165, 1.54) is 22.3 Å². The Bertz CT molecular complexity index is 6930. The smallest absolute Gasteiger partial charge is 0.0620 e. The quantitative estimate of drug-likeness (QED) is 0.0557. The van der Waals surface area contributed by atoms with E-state index in [0.717, 1.165) is 179 Å². The van der Waals surface area contributed by atoms with Gasteiger partial charge in [-0.1, -0.05) is 366 Å². The summed E-state index contributed by atoms with van der Waals surface area (Å²) in [5, 5.41) is 4.25. The molecular weight excluding hydrogens is 1490 g/mol. The van der Waals surface area contributed by atoms with Gasteiger partial charge in [-0.15, -0.1) is 0 Å². The highest BCUT2D eigenvalue weighted by molar-refractivity contribution is 6.25. The molecule has 1 aliphatic rings. The molecule has 0 heterocycles. The van der Waals surface area contributed by atoms with Crippen molar-refractivity contribution >= 4 is 89.8 Å². The number of nitrogens with zero attached hydrogens (tertiary/aromatic N) is 4. The number of rotatable bonds is 20. The minimum absolute atomic E-state index is 0.559. The average Bonchev–Trinajstić information content (AvgIpc) is 1.68. The maximum atomic E-state index is 2.60. The Morgan fingerprint density at radius 2 is 0.341 bits per heavy atom. The SMILES string of the molecule is CC1(C)c2cc(N(c3cccc(-c4ccccc4)c3)c3cccc(-c4ccccc4)c3)ccc2-c2cc3c(N(c4cccc(-c5ccccc5)c4)c4cccc(-c5ccccc5)c4)c4cc(N(c5cccc(-c6ccccc6)c5)c5cccc(-c6ccccc6)c5)ccc4c(N(c4cccc(-c5ccccc5)c4)c4cccc(-c5ccccc5)c4)c3cc21. The van der Waals surface area contributed by atoms with Crippen LogP contribution in [0.1, 0.15) is 25.0 Å². The lowest BCUT2D eigenvalue weighted by Gasteiger charge is -2.35. The number of benzene rings is 20. The molecule has 20 aromatic carbocycles. The van der Waals surface area contributed by atoms with Crippen molar-refractivity contribution in [1.29, 1.82) is 0 Å². The van der Waals surface area contributed by atoms with Crippen LogP contribution in [0.15, 0.2) is 485 Å². The minimum Gasteiger partial charge on any atom is -0.310 e. The molecule has 0 spiro atoms. The molecule has 0 saturated heterocycles. The van der Waals surface area contributed by atoms with Crippen LogP contribution < -0.4 is 19.6 Å². The lowest BCUT2D eigenvalue weighted by Crippen LogP contribution is -2.18. The van der Waals surface area contributed by atoms with Crippen LogP contribution >= 0.6 is 0 Å². The highest BCUT2D eigenvalue weighted by atomic mass is 15.2. The van der Waals surface area contributed by atoms with Crippen molar-refractivity contribution in [2.24, 2.45) is 0 Å². The summed E-state index contributed by atoms with van der Waals surface area (Å²) in [4.78, 5) is 10.1. The Hall–Kier alpha value is -15.9. The molecule has 4 heteroatoms. The van der Waals surface area contributed by atoms with Gasteiger partial charge in [0.05, 0.1) is 11.4 Å². The van der Waals surface area contributed by atoms with Crippen molar-refractivity contribution in [2.75, 3.05) is 19.6 Å². The molecule has 0 amide bonds. The predicted molar refractivity (Wildman–Crippen MR) is 521 cm³/mol. The molecule has 123 heavy (non-hydrogen) atoms. The van der Waals surface area contributed by atoms with E-state index in [9.17, 15) is 0 Å². The minimum atomic E-state index is -0.559. The van der Waals surface area contributed by atoms with Crippen LogP contribution in [-0.2, 0) is 5.41 Å². The molecule has 0 bridgehead atoms. The van der Waals surface area contributed by atoms with Gasteiger partial charge in [0.15, 0.2) is 0 Å². The molecular formula is C119H86N4. The third-order valence-electron chi connectivity index (χ3n) is 24.5. The maximum absolute atomic E-state index is 2.60. The van der Waals surface area contributed by atoms with Crippen LogP contribution in [0.5, 0.6) is 0 Å². The summed E-state index contributed by atoms with van der Waals surface area (Å²) in [7, 11) is 0. The first-order chi connectivity index (χ1) is 60.7. The highest BCUT2D eigenvalue weighted by Gasteiger charge is 2.39. The molecule has 21 rings (SSSR count). The number of hydrogen-bond acceptors (Lipinski definition) is 4. The fraction of sp³-hybridized carbons (Fsp3) is 0.0252. The second kappa shape index (κ2) is 32.4. The van der Waals surface area contributed by atoms with Crippen molar-refractivity contribution in [3.63, 3.8) is 0 Å². The van der Waals surface area contributed by atoms with Crippen LogP contribution in [0.25, 0.3) is 122 Å². The van der Waals surface area contributed by atoms with Gasteiger partial charge in [-0.05, 0) is 245 Å². The lowest BCUT2D eigenvalue weighted by atomic mass is 9.81. The summed E-state index contributed by atoms with van der Waals surface area (Å²) in [6, 6.07) is 179. The maximum Gasteiger partial charge on any atom is 0.0620 e. The normalized spacial score (nSPS) is 11.9. The van der Waals surface area contributed by atoms with Crippen molar-refractivity contribution in [1.82, 2.24) is 0 Å². The molecule has 582 valence electrons. The van der Waals surface area contributed by atoms with E-state index < -0.39 is 5.41 Å². The van der Waals surface area contributed by atoms with Gasteiger partial charge in [-0.3, -0.25) is 0 Å². The second-order valence-corrected chi connectivity index (χ2v) is 32.4. The van der Waals surface area contributed by atoms with E-state index >= 15 is 0 Å². The van der Waals surface area contributed by atoms with Gasteiger partial charge in [0.25, 0.3) is 0 Å². The molecule has 0 atom stereocenters. The van der Waals surface area contributed by atoms with Crippen LogP contribution in [-0.4, -0.2) is 0 Å². The predicted octanol–water partition coefficient (Wildman–Crippen LogP) is 33.5. The van der Waals surface area contributed by atoms with Gasteiger partial charge in [-0.2, -0.15) is 0 Å². The second-order valence-electron chi connectivity index (χ2n) is 32.4. The molecule has 20 aromatic rings. The monoisotopic (exact) mass is 1570 g/mol.